The van der Waals surface area contributed by atoms with E-state index in [0.717, 1.165) is 15.7 Å². The first kappa shape index (κ1) is 16.9. The Labute approximate surface area is 147 Å². The standard InChI is InChI=1S/C18H16BrF2NO2/c1-3-18(2)14-9-11(19)7-8-15(14)22(16(18)23)12-5-4-6-13(10-12)24-17(20)21/h4-10,17H,3H2,1-2H3. The maximum Gasteiger partial charge on any atom is 0.387 e. The fraction of sp³-hybridized carbons (Fsp3) is 0.278. The minimum atomic E-state index is -2.90. The van der Waals surface area contributed by atoms with Crippen molar-refractivity contribution < 1.29 is 18.3 Å². The molecule has 1 aliphatic heterocycles. The SMILES string of the molecule is CCC1(C)C(=O)N(c2cccc(OC(F)F)c2)c2ccc(Br)cc21. The summed E-state index contributed by atoms with van der Waals surface area (Å²) in [6.07, 6.45) is 0.638. The molecule has 0 aliphatic carbocycles. The third kappa shape index (κ3) is 2.69. The van der Waals surface area contributed by atoms with E-state index in [1.807, 2.05) is 32.0 Å². The highest BCUT2D eigenvalue weighted by atomic mass is 79.9. The van der Waals surface area contributed by atoms with Crippen molar-refractivity contribution in [2.24, 2.45) is 0 Å². The van der Waals surface area contributed by atoms with E-state index in [-0.39, 0.29) is 11.7 Å². The Kier molecular flexibility index (Phi) is 4.34. The Hall–Kier alpha value is -1.95. The fourth-order valence-corrected chi connectivity index (χ4v) is 3.37. The molecule has 2 aromatic rings. The molecule has 2 aromatic carbocycles. The second-order valence-electron chi connectivity index (χ2n) is 5.86. The molecule has 1 unspecified atom stereocenters. The van der Waals surface area contributed by atoms with Gasteiger partial charge in [0.1, 0.15) is 5.75 Å². The minimum Gasteiger partial charge on any atom is -0.435 e. The lowest BCUT2D eigenvalue weighted by Gasteiger charge is -2.23. The van der Waals surface area contributed by atoms with Crippen molar-refractivity contribution in [3.63, 3.8) is 0 Å². The van der Waals surface area contributed by atoms with Gasteiger partial charge < -0.3 is 4.74 Å². The lowest BCUT2D eigenvalue weighted by atomic mass is 9.81. The summed E-state index contributed by atoms with van der Waals surface area (Å²) < 4.78 is 30.3. The molecule has 1 heterocycles. The number of carbonyl (C=O) groups is 1. The van der Waals surface area contributed by atoms with Gasteiger partial charge in [0.25, 0.3) is 0 Å². The number of fused-ring (bicyclic) bond motifs is 1. The molecule has 6 heteroatoms. The first-order valence-electron chi connectivity index (χ1n) is 7.56. The van der Waals surface area contributed by atoms with E-state index >= 15 is 0 Å². The van der Waals surface area contributed by atoms with Gasteiger partial charge in [-0.05, 0) is 49.2 Å². The number of anilines is 2. The van der Waals surface area contributed by atoms with Gasteiger partial charge in [-0.3, -0.25) is 9.69 Å². The average Bonchev–Trinajstić information content (AvgIpc) is 2.76. The van der Waals surface area contributed by atoms with Crippen molar-refractivity contribution in [2.75, 3.05) is 4.90 Å². The van der Waals surface area contributed by atoms with Crippen molar-refractivity contribution in [3.8, 4) is 5.75 Å². The average molecular weight is 396 g/mol. The second-order valence-corrected chi connectivity index (χ2v) is 6.78. The van der Waals surface area contributed by atoms with Gasteiger partial charge in [-0.2, -0.15) is 8.78 Å². The number of hydrogen-bond donors (Lipinski definition) is 0. The lowest BCUT2D eigenvalue weighted by molar-refractivity contribution is -0.122. The predicted molar refractivity (Wildman–Crippen MR) is 92.0 cm³/mol. The van der Waals surface area contributed by atoms with Crippen LogP contribution in [0.5, 0.6) is 5.75 Å². The number of halogens is 3. The normalized spacial score (nSPS) is 19.8. The van der Waals surface area contributed by atoms with E-state index in [0.29, 0.717) is 12.1 Å². The number of alkyl halides is 2. The van der Waals surface area contributed by atoms with Crippen molar-refractivity contribution in [2.45, 2.75) is 32.3 Å². The van der Waals surface area contributed by atoms with Gasteiger partial charge in [0.15, 0.2) is 0 Å². The first-order chi connectivity index (χ1) is 11.4. The highest BCUT2D eigenvalue weighted by Gasteiger charge is 2.46. The maximum atomic E-state index is 13.1. The summed E-state index contributed by atoms with van der Waals surface area (Å²) in [6, 6.07) is 11.9. The molecule has 0 fully saturated rings. The Morgan fingerprint density at radius 2 is 2.00 bits per heavy atom. The number of amides is 1. The molecule has 1 amide bonds. The van der Waals surface area contributed by atoms with Gasteiger partial charge in [0.2, 0.25) is 5.91 Å². The highest BCUT2D eigenvalue weighted by Crippen LogP contribution is 2.48. The summed E-state index contributed by atoms with van der Waals surface area (Å²) in [5.74, 6) is -0.0497. The molecule has 0 spiro atoms. The van der Waals surface area contributed by atoms with Crippen molar-refractivity contribution >= 4 is 33.2 Å². The van der Waals surface area contributed by atoms with Crippen LogP contribution in [0.1, 0.15) is 25.8 Å². The van der Waals surface area contributed by atoms with Crippen LogP contribution < -0.4 is 9.64 Å². The van der Waals surface area contributed by atoms with Crippen LogP contribution in [0, 0.1) is 0 Å². The zero-order chi connectivity index (χ0) is 17.5. The fourth-order valence-electron chi connectivity index (χ4n) is 3.01. The molecule has 24 heavy (non-hydrogen) atoms. The molecule has 0 bridgehead atoms. The Bertz CT molecular complexity index is 796. The summed E-state index contributed by atoms with van der Waals surface area (Å²) >= 11 is 3.45. The van der Waals surface area contributed by atoms with Gasteiger partial charge in [-0.15, -0.1) is 0 Å². The van der Waals surface area contributed by atoms with Crippen molar-refractivity contribution in [3.05, 3.63) is 52.5 Å². The smallest absolute Gasteiger partial charge is 0.387 e. The summed E-state index contributed by atoms with van der Waals surface area (Å²) in [5.41, 5.74) is 1.55. The van der Waals surface area contributed by atoms with Gasteiger partial charge in [-0.25, -0.2) is 0 Å². The highest BCUT2D eigenvalue weighted by molar-refractivity contribution is 9.10. The Morgan fingerprint density at radius 1 is 1.25 bits per heavy atom. The molecule has 3 rings (SSSR count). The molecular formula is C18H16BrF2NO2. The minimum absolute atomic E-state index is 0.0269. The van der Waals surface area contributed by atoms with Gasteiger partial charge in [-0.1, -0.05) is 28.9 Å². The quantitative estimate of drug-likeness (QED) is 0.693. The number of benzene rings is 2. The van der Waals surface area contributed by atoms with E-state index in [1.165, 1.54) is 12.1 Å². The topological polar surface area (TPSA) is 29.5 Å². The summed E-state index contributed by atoms with van der Waals surface area (Å²) in [4.78, 5) is 14.7. The van der Waals surface area contributed by atoms with Gasteiger partial charge in [0, 0.05) is 10.5 Å². The van der Waals surface area contributed by atoms with Gasteiger partial charge >= 0.3 is 6.61 Å². The van der Waals surface area contributed by atoms with E-state index in [9.17, 15) is 13.6 Å². The largest absolute Gasteiger partial charge is 0.435 e. The number of hydrogen-bond acceptors (Lipinski definition) is 2. The van der Waals surface area contributed by atoms with Crippen LogP contribution in [0.3, 0.4) is 0 Å². The Morgan fingerprint density at radius 3 is 2.67 bits per heavy atom. The van der Waals surface area contributed by atoms with Gasteiger partial charge in [0.05, 0.1) is 16.8 Å². The predicted octanol–water partition coefficient (Wildman–Crippen LogP) is 5.40. The van der Waals surface area contributed by atoms with Crippen LogP contribution in [0.4, 0.5) is 20.2 Å². The summed E-state index contributed by atoms with van der Waals surface area (Å²) in [7, 11) is 0. The molecule has 0 N–H and O–H groups in total. The van der Waals surface area contributed by atoms with Crippen molar-refractivity contribution in [1.82, 2.24) is 0 Å². The first-order valence-corrected chi connectivity index (χ1v) is 8.35. The van der Waals surface area contributed by atoms with Crippen LogP contribution in [-0.4, -0.2) is 12.5 Å². The molecule has 1 atom stereocenters. The van der Waals surface area contributed by atoms with E-state index < -0.39 is 12.0 Å². The molecule has 1 aliphatic rings. The zero-order valence-corrected chi connectivity index (χ0v) is 14.8. The molecule has 3 nitrogen and oxygen atoms in total. The third-order valence-electron chi connectivity index (χ3n) is 4.48. The number of rotatable bonds is 4. The molecule has 0 saturated heterocycles. The number of ether oxygens (including phenoxy) is 1. The second kappa shape index (κ2) is 6.16. The summed E-state index contributed by atoms with van der Waals surface area (Å²) in [6.45, 7) is 0.960. The maximum absolute atomic E-state index is 13.1. The third-order valence-corrected chi connectivity index (χ3v) is 4.97. The summed E-state index contributed by atoms with van der Waals surface area (Å²) in [5, 5.41) is 0. The van der Waals surface area contributed by atoms with Crippen LogP contribution in [0.25, 0.3) is 0 Å². The van der Waals surface area contributed by atoms with E-state index in [4.69, 9.17) is 0 Å². The Balaban J connectivity index is 2.11. The molecular weight excluding hydrogens is 380 g/mol. The van der Waals surface area contributed by atoms with Crippen LogP contribution in [0.15, 0.2) is 46.9 Å². The lowest BCUT2D eigenvalue weighted by Crippen LogP contribution is -2.35. The number of carbonyl (C=O) groups excluding carboxylic acids is 1. The van der Waals surface area contributed by atoms with Crippen LogP contribution >= 0.6 is 15.9 Å². The molecule has 0 radical (unpaired) electrons. The molecule has 0 saturated carbocycles. The van der Waals surface area contributed by atoms with Crippen molar-refractivity contribution in [1.29, 1.82) is 0 Å². The van der Waals surface area contributed by atoms with E-state index in [1.54, 1.807) is 17.0 Å². The van der Waals surface area contributed by atoms with Crippen LogP contribution in [-0.2, 0) is 10.2 Å². The molecule has 0 aromatic heterocycles. The number of nitrogens with zero attached hydrogens (tertiary/aromatic N) is 1. The van der Waals surface area contributed by atoms with Crippen LogP contribution in [0.2, 0.25) is 0 Å². The zero-order valence-electron chi connectivity index (χ0n) is 13.2. The van der Waals surface area contributed by atoms with E-state index in [2.05, 4.69) is 20.7 Å². The monoisotopic (exact) mass is 395 g/mol. The molecule has 126 valence electrons.